The van der Waals surface area contributed by atoms with E-state index < -0.39 is 0 Å². The van der Waals surface area contributed by atoms with Crippen molar-refractivity contribution in [2.45, 2.75) is 19.0 Å². The Balaban J connectivity index is 1.81. The Morgan fingerprint density at radius 3 is 2.96 bits per heavy atom. The molecule has 24 heavy (non-hydrogen) atoms. The Morgan fingerprint density at radius 2 is 2.25 bits per heavy atom. The molecule has 2 aromatic heterocycles. The highest BCUT2D eigenvalue weighted by Gasteiger charge is 2.20. The molecule has 0 bridgehead atoms. The van der Waals surface area contributed by atoms with Gasteiger partial charge < -0.3 is 16.0 Å². The van der Waals surface area contributed by atoms with Crippen molar-refractivity contribution in [2.75, 3.05) is 12.0 Å². The zero-order chi connectivity index (χ0) is 16.9. The largest absolute Gasteiger partial charge is 0.341 e. The maximum Gasteiger partial charge on any atom is 0.271 e. The SMILES string of the molecule is CSCCC(NC(=O)c1csc(CN)n1)c1nc2ccccc2[nH]1. The minimum Gasteiger partial charge on any atom is -0.341 e. The first-order chi connectivity index (χ1) is 11.7. The van der Waals surface area contributed by atoms with E-state index in [0.29, 0.717) is 12.2 Å². The Bertz CT molecular complexity index is 796. The summed E-state index contributed by atoms with van der Waals surface area (Å²) in [5, 5.41) is 5.53. The van der Waals surface area contributed by atoms with E-state index in [4.69, 9.17) is 5.73 Å². The standard InChI is InChI=1S/C16H19N5OS2/c1-23-7-6-12(15-19-10-4-2-3-5-11(10)20-15)21-16(22)13-9-24-14(8-17)18-13/h2-5,9,12H,6-8,17H2,1H3,(H,19,20)(H,21,22). The molecule has 0 spiro atoms. The number of benzene rings is 1. The van der Waals surface area contributed by atoms with E-state index in [2.05, 4.69) is 20.3 Å². The first-order valence-electron chi connectivity index (χ1n) is 7.60. The summed E-state index contributed by atoms with van der Waals surface area (Å²) < 4.78 is 0. The number of rotatable bonds is 7. The number of amides is 1. The lowest BCUT2D eigenvalue weighted by atomic mass is 10.2. The van der Waals surface area contributed by atoms with E-state index in [9.17, 15) is 4.79 Å². The van der Waals surface area contributed by atoms with Crippen molar-refractivity contribution in [3.05, 3.63) is 46.2 Å². The number of imidazole rings is 1. The fourth-order valence-corrected chi connectivity index (χ4v) is 3.52. The molecule has 6 nitrogen and oxygen atoms in total. The zero-order valence-electron chi connectivity index (χ0n) is 13.3. The van der Waals surface area contributed by atoms with Crippen LogP contribution in [-0.2, 0) is 6.54 Å². The molecule has 0 radical (unpaired) electrons. The van der Waals surface area contributed by atoms with E-state index in [0.717, 1.165) is 34.0 Å². The van der Waals surface area contributed by atoms with E-state index in [1.54, 1.807) is 17.1 Å². The molecular weight excluding hydrogens is 342 g/mol. The molecule has 0 saturated carbocycles. The van der Waals surface area contributed by atoms with Gasteiger partial charge in [0.25, 0.3) is 5.91 Å². The van der Waals surface area contributed by atoms with Gasteiger partial charge in [0.1, 0.15) is 16.5 Å². The summed E-state index contributed by atoms with van der Waals surface area (Å²) in [6.07, 6.45) is 2.84. The van der Waals surface area contributed by atoms with Crippen molar-refractivity contribution in [3.8, 4) is 0 Å². The van der Waals surface area contributed by atoms with Crippen LogP contribution in [0.25, 0.3) is 11.0 Å². The van der Waals surface area contributed by atoms with Gasteiger partial charge in [-0.05, 0) is 30.6 Å². The second kappa shape index (κ2) is 7.78. The number of nitrogens with one attached hydrogen (secondary N) is 2. The number of carbonyl (C=O) groups excluding carboxylic acids is 1. The summed E-state index contributed by atoms with van der Waals surface area (Å²) in [6, 6.07) is 7.67. The van der Waals surface area contributed by atoms with Crippen LogP contribution in [0.15, 0.2) is 29.6 Å². The average Bonchev–Trinajstić information content (AvgIpc) is 3.24. The quantitative estimate of drug-likeness (QED) is 0.601. The highest BCUT2D eigenvalue weighted by Crippen LogP contribution is 2.21. The molecule has 1 atom stereocenters. The zero-order valence-corrected chi connectivity index (χ0v) is 14.9. The summed E-state index contributed by atoms with van der Waals surface area (Å²) in [4.78, 5) is 24.6. The van der Waals surface area contributed by atoms with Crippen LogP contribution in [0.1, 0.15) is 33.8 Å². The molecule has 1 unspecified atom stereocenters. The van der Waals surface area contributed by atoms with Gasteiger partial charge in [0, 0.05) is 11.9 Å². The minimum absolute atomic E-state index is 0.180. The van der Waals surface area contributed by atoms with Gasteiger partial charge in [-0.25, -0.2) is 9.97 Å². The fourth-order valence-electron chi connectivity index (χ4n) is 2.39. The van der Waals surface area contributed by atoms with Gasteiger partial charge in [-0.15, -0.1) is 11.3 Å². The molecule has 2 heterocycles. The third kappa shape index (κ3) is 3.77. The highest BCUT2D eigenvalue weighted by molar-refractivity contribution is 7.98. The summed E-state index contributed by atoms with van der Waals surface area (Å²) in [6.45, 7) is 0.345. The number of aromatic nitrogens is 3. The molecule has 1 amide bonds. The lowest BCUT2D eigenvalue weighted by Gasteiger charge is -2.15. The predicted molar refractivity (Wildman–Crippen MR) is 99.3 cm³/mol. The molecule has 8 heteroatoms. The number of H-pyrrole nitrogens is 1. The summed E-state index contributed by atoms with van der Waals surface area (Å²) in [7, 11) is 0. The molecule has 1 aromatic carbocycles. The normalized spacial score (nSPS) is 12.4. The number of thiazole rings is 1. The lowest BCUT2D eigenvalue weighted by Crippen LogP contribution is -2.30. The number of thioether (sulfide) groups is 1. The molecule has 4 N–H and O–H groups in total. The van der Waals surface area contributed by atoms with Crippen LogP contribution in [0.2, 0.25) is 0 Å². The third-order valence-corrected chi connectivity index (χ3v) is 5.13. The topological polar surface area (TPSA) is 96.7 Å². The maximum atomic E-state index is 12.5. The van der Waals surface area contributed by atoms with E-state index in [1.165, 1.54) is 11.3 Å². The van der Waals surface area contributed by atoms with E-state index >= 15 is 0 Å². The average molecular weight is 361 g/mol. The number of carbonyl (C=O) groups is 1. The monoisotopic (exact) mass is 361 g/mol. The fraction of sp³-hybridized carbons (Fsp3) is 0.312. The molecular formula is C16H19N5OS2. The number of nitrogens with zero attached hydrogens (tertiary/aromatic N) is 2. The third-order valence-electron chi connectivity index (χ3n) is 3.61. The van der Waals surface area contributed by atoms with Crippen molar-refractivity contribution in [1.82, 2.24) is 20.3 Å². The van der Waals surface area contributed by atoms with E-state index in [-0.39, 0.29) is 11.9 Å². The van der Waals surface area contributed by atoms with Crippen molar-refractivity contribution >= 4 is 40.0 Å². The van der Waals surface area contributed by atoms with Crippen molar-refractivity contribution < 1.29 is 4.79 Å². The Kier molecular flexibility index (Phi) is 5.49. The summed E-state index contributed by atoms with van der Waals surface area (Å²) in [5.74, 6) is 1.50. The Labute approximate surface area is 148 Å². The van der Waals surface area contributed by atoms with Crippen LogP contribution in [0.5, 0.6) is 0 Å². The lowest BCUT2D eigenvalue weighted by molar-refractivity contribution is 0.0929. The number of fused-ring (bicyclic) bond motifs is 1. The Morgan fingerprint density at radius 1 is 1.42 bits per heavy atom. The Hall–Kier alpha value is -1.90. The molecule has 0 aliphatic heterocycles. The molecule has 0 aliphatic carbocycles. The van der Waals surface area contributed by atoms with E-state index in [1.807, 2.05) is 30.5 Å². The molecule has 0 fully saturated rings. The predicted octanol–water partition coefficient (Wildman–Crippen LogP) is 2.70. The van der Waals surface area contributed by atoms with Gasteiger partial charge in [0.05, 0.1) is 17.1 Å². The van der Waals surface area contributed by atoms with Gasteiger partial charge in [-0.1, -0.05) is 12.1 Å². The number of nitrogens with two attached hydrogens (primary N) is 1. The molecule has 0 saturated heterocycles. The molecule has 3 rings (SSSR count). The van der Waals surface area contributed by atoms with Crippen molar-refractivity contribution in [1.29, 1.82) is 0 Å². The number of hydrogen-bond acceptors (Lipinski definition) is 6. The number of aromatic amines is 1. The smallest absolute Gasteiger partial charge is 0.271 e. The second-order valence-corrected chi connectivity index (χ2v) is 7.21. The summed E-state index contributed by atoms with van der Waals surface area (Å²) >= 11 is 3.14. The van der Waals surface area contributed by atoms with Crippen molar-refractivity contribution in [3.63, 3.8) is 0 Å². The first-order valence-corrected chi connectivity index (χ1v) is 9.87. The van der Waals surface area contributed by atoms with Crippen LogP contribution in [0.3, 0.4) is 0 Å². The van der Waals surface area contributed by atoms with Crippen LogP contribution >= 0.6 is 23.1 Å². The first kappa shape index (κ1) is 16.9. The second-order valence-electron chi connectivity index (χ2n) is 5.28. The molecule has 3 aromatic rings. The molecule has 0 aliphatic rings. The molecule has 126 valence electrons. The van der Waals surface area contributed by atoms with Gasteiger partial charge in [-0.2, -0.15) is 11.8 Å². The number of para-hydroxylation sites is 2. The number of hydrogen-bond donors (Lipinski definition) is 3. The maximum absolute atomic E-state index is 12.5. The van der Waals surface area contributed by atoms with Gasteiger partial charge in [0.15, 0.2) is 0 Å². The summed E-state index contributed by atoms with van der Waals surface area (Å²) in [5.41, 5.74) is 7.84. The van der Waals surface area contributed by atoms with Gasteiger partial charge in [-0.3, -0.25) is 4.79 Å². The van der Waals surface area contributed by atoms with Crippen LogP contribution in [-0.4, -0.2) is 32.9 Å². The van der Waals surface area contributed by atoms with Crippen molar-refractivity contribution in [2.24, 2.45) is 5.73 Å². The highest BCUT2D eigenvalue weighted by atomic mass is 32.2. The van der Waals surface area contributed by atoms with Gasteiger partial charge in [0.2, 0.25) is 0 Å². The van der Waals surface area contributed by atoms with Crippen LogP contribution < -0.4 is 11.1 Å². The van der Waals surface area contributed by atoms with Gasteiger partial charge >= 0.3 is 0 Å². The van der Waals surface area contributed by atoms with Crippen LogP contribution in [0, 0.1) is 0 Å². The minimum atomic E-state index is -0.197. The van der Waals surface area contributed by atoms with Crippen LogP contribution in [0.4, 0.5) is 0 Å².